The summed E-state index contributed by atoms with van der Waals surface area (Å²) in [5.74, 6) is 2.21. The molecule has 0 amide bonds. The van der Waals surface area contributed by atoms with Gasteiger partial charge in [0.15, 0.2) is 23.1 Å². The van der Waals surface area contributed by atoms with Crippen LogP contribution in [-0.4, -0.2) is 58.6 Å². The number of aryl methyl sites for hydroxylation is 2. The third-order valence-electron chi connectivity index (χ3n) is 6.48. The van der Waals surface area contributed by atoms with Crippen LogP contribution in [0.2, 0.25) is 0 Å². The topological polar surface area (TPSA) is 69.0 Å². The summed E-state index contributed by atoms with van der Waals surface area (Å²) < 4.78 is 33.0. The molecule has 1 N–H and O–H groups in total. The Morgan fingerprint density at radius 3 is 2.57 bits per heavy atom. The summed E-state index contributed by atoms with van der Waals surface area (Å²) in [5, 5.41) is 10.9. The maximum Gasteiger partial charge on any atom is 0.165 e. The van der Waals surface area contributed by atoms with E-state index in [4.69, 9.17) is 14.2 Å². The lowest BCUT2D eigenvalue weighted by atomic mass is 9.92. The van der Waals surface area contributed by atoms with E-state index < -0.39 is 11.4 Å². The van der Waals surface area contributed by atoms with Gasteiger partial charge in [-0.05, 0) is 56.0 Å². The molecule has 4 rings (SSSR count). The Kier molecular flexibility index (Phi) is 8.25. The Balaban J connectivity index is 1.24. The molecule has 35 heavy (non-hydrogen) atoms. The Hall–Kier alpha value is -3.10. The first-order valence-corrected chi connectivity index (χ1v) is 12.1. The number of benzene rings is 2. The number of imidazole rings is 1. The first-order valence-electron chi connectivity index (χ1n) is 12.1. The predicted octanol–water partition coefficient (Wildman–Crippen LogP) is 4.21. The van der Waals surface area contributed by atoms with Crippen LogP contribution in [0.3, 0.4) is 0 Å². The lowest BCUT2D eigenvalue weighted by Crippen LogP contribution is -2.47. The highest BCUT2D eigenvalue weighted by Gasteiger charge is 2.33. The molecule has 2 heterocycles. The Labute approximate surface area is 206 Å². The van der Waals surface area contributed by atoms with Crippen LogP contribution in [-0.2, 0) is 13.1 Å². The van der Waals surface area contributed by atoms with Gasteiger partial charge in [0.2, 0.25) is 0 Å². The third kappa shape index (κ3) is 6.74. The van der Waals surface area contributed by atoms with E-state index in [1.807, 2.05) is 25.3 Å². The summed E-state index contributed by atoms with van der Waals surface area (Å²) in [5.41, 5.74) is 0.167. The van der Waals surface area contributed by atoms with Crippen molar-refractivity contribution in [1.82, 2.24) is 14.5 Å². The number of aromatic nitrogens is 2. The lowest BCUT2D eigenvalue weighted by Gasteiger charge is -2.38. The predicted molar refractivity (Wildman–Crippen MR) is 131 cm³/mol. The maximum absolute atomic E-state index is 13.8. The van der Waals surface area contributed by atoms with Gasteiger partial charge in [-0.25, -0.2) is 9.37 Å². The standard InChI is InChI=1S/C27H34FN3O4/c1-21-29-12-16-31(21)13-5-17-34-25-9-8-22(18-26(25)33-2)19-30-14-10-27(32,11-15-30)20-35-24-7-4-3-6-23(24)28/h3-4,6-9,12,16,18,32H,5,10-11,13-15,17,19-20H2,1-2H3. The minimum atomic E-state index is -0.955. The number of methoxy groups -OCH3 is 1. The molecule has 0 unspecified atom stereocenters. The first kappa shape index (κ1) is 25.0. The molecular formula is C27H34FN3O4. The molecule has 3 aromatic rings. The van der Waals surface area contributed by atoms with Gasteiger partial charge in [-0.15, -0.1) is 0 Å². The number of hydrogen-bond acceptors (Lipinski definition) is 6. The molecule has 1 aliphatic rings. The molecule has 0 spiro atoms. The number of piperidine rings is 1. The molecule has 1 aliphatic heterocycles. The number of rotatable bonds is 11. The minimum absolute atomic E-state index is 0.0854. The lowest BCUT2D eigenvalue weighted by molar-refractivity contribution is -0.0543. The van der Waals surface area contributed by atoms with Crippen LogP contribution >= 0.6 is 0 Å². The zero-order valence-electron chi connectivity index (χ0n) is 20.5. The van der Waals surface area contributed by atoms with Gasteiger partial charge in [0, 0.05) is 38.6 Å². The van der Waals surface area contributed by atoms with Crippen molar-refractivity contribution in [2.45, 2.75) is 44.9 Å². The quantitative estimate of drug-likeness (QED) is 0.412. The highest BCUT2D eigenvalue weighted by atomic mass is 19.1. The van der Waals surface area contributed by atoms with Crippen LogP contribution < -0.4 is 14.2 Å². The molecule has 188 valence electrons. The van der Waals surface area contributed by atoms with Crippen molar-refractivity contribution >= 4 is 0 Å². The van der Waals surface area contributed by atoms with Crippen LogP contribution in [0, 0.1) is 12.7 Å². The summed E-state index contributed by atoms with van der Waals surface area (Å²) in [6, 6.07) is 12.3. The van der Waals surface area contributed by atoms with Crippen molar-refractivity contribution in [3.05, 3.63) is 72.1 Å². The number of nitrogens with zero attached hydrogens (tertiary/aromatic N) is 3. The van der Waals surface area contributed by atoms with Crippen LogP contribution in [0.4, 0.5) is 4.39 Å². The highest BCUT2D eigenvalue weighted by Crippen LogP contribution is 2.30. The number of ether oxygens (including phenoxy) is 3. The van der Waals surface area contributed by atoms with Gasteiger partial charge in [0.05, 0.1) is 13.7 Å². The van der Waals surface area contributed by atoms with Gasteiger partial charge in [0.25, 0.3) is 0 Å². The summed E-state index contributed by atoms with van der Waals surface area (Å²) in [7, 11) is 1.65. The Morgan fingerprint density at radius 1 is 1.06 bits per heavy atom. The number of hydrogen-bond donors (Lipinski definition) is 1. The SMILES string of the molecule is COc1cc(CN2CCC(O)(COc3ccccc3F)CC2)ccc1OCCCn1ccnc1C. The zero-order valence-corrected chi connectivity index (χ0v) is 20.5. The molecule has 0 radical (unpaired) electrons. The molecule has 0 saturated carbocycles. The maximum atomic E-state index is 13.8. The summed E-state index contributed by atoms with van der Waals surface area (Å²) >= 11 is 0. The second-order valence-corrected chi connectivity index (χ2v) is 9.07. The fourth-order valence-corrected chi connectivity index (χ4v) is 4.29. The molecular weight excluding hydrogens is 449 g/mol. The van der Waals surface area contributed by atoms with E-state index in [9.17, 15) is 9.50 Å². The van der Waals surface area contributed by atoms with Crippen LogP contribution in [0.25, 0.3) is 0 Å². The van der Waals surface area contributed by atoms with E-state index in [-0.39, 0.29) is 12.4 Å². The average molecular weight is 484 g/mol. The normalized spacial score (nSPS) is 15.7. The monoisotopic (exact) mass is 483 g/mol. The number of aliphatic hydroxyl groups is 1. The minimum Gasteiger partial charge on any atom is -0.493 e. The van der Waals surface area contributed by atoms with E-state index in [0.717, 1.165) is 49.7 Å². The van der Waals surface area contributed by atoms with Gasteiger partial charge in [-0.3, -0.25) is 4.90 Å². The molecule has 1 fully saturated rings. The number of para-hydroxylation sites is 1. The summed E-state index contributed by atoms with van der Waals surface area (Å²) in [6.45, 7) is 5.73. The van der Waals surface area contributed by atoms with Crippen molar-refractivity contribution in [3.8, 4) is 17.2 Å². The molecule has 0 atom stereocenters. The number of halogens is 1. The number of likely N-dealkylation sites (tertiary alicyclic amines) is 1. The third-order valence-corrected chi connectivity index (χ3v) is 6.48. The molecule has 2 aromatic carbocycles. The Morgan fingerprint density at radius 2 is 1.86 bits per heavy atom. The van der Waals surface area contributed by atoms with Gasteiger partial charge in [-0.2, -0.15) is 0 Å². The molecule has 8 heteroatoms. The van der Waals surface area contributed by atoms with Crippen molar-refractivity contribution in [2.24, 2.45) is 0 Å². The fraction of sp³-hybridized carbons (Fsp3) is 0.444. The van der Waals surface area contributed by atoms with Crippen LogP contribution in [0.1, 0.15) is 30.7 Å². The van der Waals surface area contributed by atoms with Crippen molar-refractivity contribution in [1.29, 1.82) is 0 Å². The fourth-order valence-electron chi connectivity index (χ4n) is 4.29. The second-order valence-electron chi connectivity index (χ2n) is 9.07. The first-order chi connectivity index (χ1) is 17.0. The van der Waals surface area contributed by atoms with E-state index in [2.05, 4.69) is 20.5 Å². The molecule has 1 aromatic heterocycles. The van der Waals surface area contributed by atoms with Gasteiger partial charge >= 0.3 is 0 Å². The summed E-state index contributed by atoms with van der Waals surface area (Å²) in [6.07, 6.45) is 5.79. The van der Waals surface area contributed by atoms with E-state index >= 15 is 0 Å². The van der Waals surface area contributed by atoms with Gasteiger partial charge in [-0.1, -0.05) is 18.2 Å². The average Bonchev–Trinajstić information content (AvgIpc) is 3.28. The van der Waals surface area contributed by atoms with Crippen LogP contribution in [0.15, 0.2) is 54.9 Å². The smallest absolute Gasteiger partial charge is 0.165 e. The van der Waals surface area contributed by atoms with E-state index in [1.54, 1.807) is 31.5 Å². The van der Waals surface area contributed by atoms with Gasteiger partial charge < -0.3 is 23.9 Å². The van der Waals surface area contributed by atoms with Crippen LogP contribution in [0.5, 0.6) is 17.2 Å². The summed E-state index contributed by atoms with van der Waals surface area (Å²) in [4.78, 5) is 6.53. The highest BCUT2D eigenvalue weighted by molar-refractivity contribution is 5.43. The largest absolute Gasteiger partial charge is 0.493 e. The zero-order chi connectivity index (χ0) is 24.7. The van der Waals surface area contributed by atoms with Gasteiger partial charge in [0.1, 0.15) is 18.0 Å². The molecule has 1 saturated heterocycles. The molecule has 7 nitrogen and oxygen atoms in total. The van der Waals surface area contributed by atoms with Crippen molar-refractivity contribution in [3.63, 3.8) is 0 Å². The van der Waals surface area contributed by atoms with E-state index in [0.29, 0.717) is 25.2 Å². The van der Waals surface area contributed by atoms with Crippen molar-refractivity contribution in [2.75, 3.05) is 33.4 Å². The van der Waals surface area contributed by atoms with E-state index in [1.165, 1.54) is 6.07 Å². The molecule has 0 bridgehead atoms. The second kappa shape index (κ2) is 11.6. The Bertz CT molecular complexity index is 1100. The van der Waals surface area contributed by atoms with Crippen molar-refractivity contribution < 1.29 is 23.7 Å². The molecule has 0 aliphatic carbocycles.